The summed E-state index contributed by atoms with van der Waals surface area (Å²) in [6.07, 6.45) is 3.28. The second-order valence-corrected chi connectivity index (χ2v) is 5.45. The van der Waals surface area contributed by atoms with E-state index in [0.29, 0.717) is 39.5 Å². The van der Waals surface area contributed by atoms with E-state index in [-0.39, 0.29) is 24.3 Å². The largest absolute Gasteiger partial charge is 0.508 e. The van der Waals surface area contributed by atoms with Gasteiger partial charge in [0.15, 0.2) is 5.78 Å². The zero-order valence-corrected chi connectivity index (χ0v) is 17.2. The number of esters is 2. The summed E-state index contributed by atoms with van der Waals surface area (Å²) >= 11 is 0. The molecule has 0 saturated carbocycles. The average molecular weight is 408 g/mol. The molecule has 164 valence electrons. The molecule has 10 heteroatoms. The summed E-state index contributed by atoms with van der Waals surface area (Å²) in [5, 5.41) is 0. The number of cyclic esters (lactones) is 3. The molecule has 0 aromatic rings. The fourth-order valence-corrected chi connectivity index (χ4v) is 1.57. The first-order valence-electron chi connectivity index (χ1n) is 8.89. The second kappa shape index (κ2) is 21.1. The van der Waals surface area contributed by atoms with E-state index in [4.69, 9.17) is 4.74 Å². The molecule has 0 atom stereocenters. The van der Waals surface area contributed by atoms with Crippen LogP contribution in [0.4, 0.5) is 4.79 Å². The zero-order chi connectivity index (χ0) is 21.6. The van der Waals surface area contributed by atoms with E-state index < -0.39 is 6.16 Å². The Morgan fingerprint density at radius 2 is 1.50 bits per heavy atom. The van der Waals surface area contributed by atoms with Gasteiger partial charge in [-0.05, 0) is 26.2 Å². The van der Waals surface area contributed by atoms with Crippen LogP contribution in [0.1, 0.15) is 39.5 Å². The molecule has 2 saturated heterocycles. The van der Waals surface area contributed by atoms with E-state index in [0.717, 1.165) is 19.3 Å². The van der Waals surface area contributed by atoms with Crippen LogP contribution in [-0.4, -0.2) is 77.7 Å². The first-order chi connectivity index (χ1) is 13.3. The number of ketones is 1. The first kappa shape index (κ1) is 28.0. The van der Waals surface area contributed by atoms with Crippen LogP contribution in [0.15, 0.2) is 0 Å². The Hall–Kier alpha value is -2.20. The van der Waals surface area contributed by atoms with E-state index >= 15 is 0 Å². The van der Waals surface area contributed by atoms with Gasteiger partial charge in [0.2, 0.25) is 0 Å². The van der Waals surface area contributed by atoms with Gasteiger partial charge in [0.05, 0.1) is 13.2 Å². The lowest BCUT2D eigenvalue weighted by Gasteiger charge is -1.97. The number of hydrogen-bond donors (Lipinski definition) is 0. The van der Waals surface area contributed by atoms with Crippen LogP contribution in [0.2, 0.25) is 0 Å². The van der Waals surface area contributed by atoms with Gasteiger partial charge in [0.1, 0.15) is 26.4 Å². The van der Waals surface area contributed by atoms with Crippen LogP contribution >= 0.6 is 0 Å². The third-order valence-electron chi connectivity index (χ3n) is 2.75. The van der Waals surface area contributed by atoms with Gasteiger partial charge in [-0.25, -0.2) is 4.79 Å². The highest BCUT2D eigenvalue weighted by molar-refractivity contribution is 5.76. The minimum atomic E-state index is -0.546. The number of rotatable bonds is 5. The number of ether oxygens (including phenoxy) is 6. The molecule has 0 unspecified atom stereocenters. The number of methoxy groups -OCH3 is 2. The summed E-state index contributed by atoms with van der Waals surface area (Å²) in [6.45, 7) is 5.39. The molecule has 0 N–H and O–H groups in total. The molecule has 0 aromatic heterocycles. The Bertz CT molecular complexity index is 418. The zero-order valence-electron chi connectivity index (χ0n) is 17.2. The summed E-state index contributed by atoms with van der Waals surface area (Å²) in [6, 6.07) is 0. The summed E-state index contributed by atoms with van der Waals surface area (Å²) in [7, 11) is 3.06. The summed E-state index contributed by atoms with van der Waals surface area (Å²) in [5.74, 6) is -0.220. The normalized spacial score (nSPS) is 14.7. The minimum Gasteiger partial charge on any atom is -0.466 e. The van der Waals surface area contributed by atoms with Gasteiger partial charge in [-0.1, -0.05) is 0 Å². The molecule has 0 spiro atoms. The predicted molar refractivity (Wildman–Crippen MR) is 97.8 cm³/mol. The summed E-state index contributed by atoms with van der Waals surface area (Å²) in [4.78, 5) is 40.2. The smallest absolute Gasteiger partial charge is 0.466 e. The van der Waals surface area contributed by atoms with E-state index in [1.165, 1.54) is 21.0 Å². The fourth-order valence-electron chi connectivity index (χ4n) is 1.57. The lowest BCUT2D eigenvalue weighted by molar-refractivity contribution is -0.143. The van der Waals surface area contributed by atoms with Gasteiger partial charge in [0, 0.05) is 27.6 Å². The molecule has 0 aliphatic carbocycles. The van der Waals surface area contributed by atoms with Crippen molar-refractivity contribution in [2.45, 2.75) is 39.5 Å². The third-order valence-corrected chi connectivity index (χ3v) is 2.75. The van der Waals surface area contributed by atoms with E-state index in [1.807, 2.05) is 0 Å². The number of hydrogen-bond acceptors (Lipinski definition) is 10. The molecule has 2 rings (SSSR count). The third kappa shape index (κ3) is 26.0. The Labute approximate surface area is 165 Å². The second-order valence-electron chi connectivity index (χ2n) is 5.45. The van der Waals surface area contributed by atoms with Crippen molar-refractivity contribution in [3.8, 4) is 0 Å². The molecular formula is C18H32O10. The van der Waals surface area contributed by atoms with E-state index in [2.05, 4.69) is 23.7 Å². The monoisotopic (exact) mass is 408 g/mol. The van der Waals surface area contributed by atoms with Crippen molar-refractivity contribution >= 4 is 23.9 Å². The van der Waals surface area contributed by atoms with Crippen molar-refractivity contribution in [2.24, 2.45) is 0 Å². The maximum Gasteiger partial charge on any atom is 0.508 e. The van der Waals surface area contributed by atoms with Gasteiger partial charge < -0.3 is 28.4 Å². The molecule has 2 aliphatic heterocycles. The average Bonchev–Trinajstić information content (AvgIpc) is 2.98. The molecule has 0 aromatic carbocycles. The highest BCUT2D eigenvalue weighted by Crippen LogP contribution is 2.06. The first-order valence-corrected chi connectivity index (χ1v) is 8.89. The number of Topliss-reactive ketones (excluding diaryl/α,β-unsaturated/α-hetero) is 1. The SMILES string of the molecule is COCC(C)=O.COCCOC(C)=O.O=C1CCCCCO1.O=C1OCCO1. The van der Waals surface area contributed by atoms with Gasteiger partial charge >= 0.3 is 18.1 Å². The lowest BCUT2D eigenvalue weighted by Crippen LogP contribution is -2.05. The van der Waals surface area contributed by atoms with Gasteiger partial charge in [-0.2, -0.15) is 0 Å². The van der Waals surface area contributed by atoms with Crippen molar-refractivity contribution in [3.63, 3.8) is 0 Å². The molecule has 2 fully saturated rings. The van der Waals surface area contributed by atoms with E-state index in [9.17, 15) is 19.2 Å². The summed E-state index contributed by atoms with van der Waals surface area (Å²) in [5.41, 5.74) is 0. The molecule has 0 amide bonds. The van der Waals surface area contributed by atoms with Crippen molar-refractivity contribution in [1.82, 2.24) is 0 Å². The number of carbonyl (C=O) groups is 4. The molecule has 0 radical (unpaired) electrons. The highest BCUT2D eigenvalue weighted by atomic mass is 16.8. The van der Waals surface area contributed by atoms with E-state index in [1.54, 1.807) is 7.11 Å². The molecule has 2 heterocycles. The molecule has 0 bridgehead atoms. The topological polar surface area (TPSA) is 124 Å². The number of carbonyl (C=O) groups excluding carboxylic acids is 4. The van der Waals surface area contributed by atoms with Crippen molar-refractivity contribution in [3.05, 3.63) is 0 Å². The van der Waals surface area contributed by atoms with Crippen LogP contribution in [0.25, 0.3) is 0 Å². The quantitative estimate of drug-likeness (QED) is 0.377. The summed E-state index contributed by atoms with van der Waals surface area (Å²) < 4.78 is 26.9. The molecular weight excluding hydrogens is 376 g/mol. The van der Waals surface area contributed by atoms with Gasteiger partial charge in [-0.3, -0.25) is 14.4 Å². The van der Waals surface area contributed by atoms with Crippen molar-refractivity contribution in [1.29, 1.82) is 0 Å². The Balaban J connectivity index is 0. The minimum absolute atomic E-state index is 0.0255. The lowest BCUT2D eigenvalue weighted by atomic mass is 10.2. The fraction of sp³-hybridized carbons (Fsp3) is 0.778. The Morgan fingerprint density at radius 3 is 1.89 bits per heavy atom. The maximum atomic E-state index is 10.5. The van der Waals surface area contributed by atoms with Crippen LogP contribution in [0, 0.1) is 0 Å². The maximum absolute atomic E-state index is 10.5. The Morgan fingerprint density at radius 1 is 0.857 bits per heavy atom. The molecule has 28 heavy (non-hydrogen) atoms. The van der Waals surface area contributed by atoms with Gasteiger partial charge in [0.25, 0.3) is 0 Å². The van der Waals surface area contributed by atoms with Gasteiger partial charge in [-0.15, -0.1) is 0 Å². The van der Waals surface area contributed by atoms with Crippen LogP contribution in [-0.2, 0) is 42.8 Å². The Kier molecular flexibility index (Phi) is 21.1. The predicted octanol–water partition coefficient (Wildman–Crippen LogP) is 1.67. The van der Waals surface area contributed by atoms with Crippen LogP contribution in [0.5, 0.6) is 0 Å². The van der Waals surface area contributed by atoms with Crippen molar-refractivity contribution < 1.29 is 47.6 Å². The van der Waals surface area contributed by atoms with Crippen molar-refractivity contribution in [2.75, 3.05) is 53.9 Å². The van der Waals surface area contributed by atoms with Crippen LogP contribution < -0.4 is 0 Å². The molecule has 2 aliphatic rings. The van der Waals surface area contributed by atoms with Crippen LogP contribution in [0.3, 0.4) is 0 Å². The standard InChI is InChI=1S/C6H10O2.C5H10O3.C4H8O2.C3H4O3/c7-6-4-2-1-3-5-8-6;1-5(6)8-4-3-7-2;1-4(5)3-6-2;4-3-5-1-2-6-3/h1-5H2;3-4H2,1-2H3;3H2,1-2H3;1-2H2. The highest BCUT2D eigenvalue weighted by Gasteiger charge is 2.09. The molecule has 10 nitrogen and oxygen atoms in total.